The highest BCUT2D eigenvalue weighted by Crippen LogP contribution is 2.30. The summed E-state index contributed by atoms with van der Waals surface area (Å²) in [5, 5.41) is 1.98. The first kappa shape index (κ1) is 19.9. The van der Waals surface area contributed by atoms with E-state index in [9.17, 15) is 4.79 Å². The zero-order chi connectivity index (χ0) is 20.0. The van der Waals surface area contributed by atoms with Crippen LogP contribution >= 0.6 is 34.5 Å². The van der Waals surface area contributed by atoms with Crippen molar-refractivity contribution in [2.75, 3.05) is 20.1 Å². The quantitative estimate of drug-likeness (QED) is 0.564. The fourth-order valence-electron chi connectivity index (χ4n) is 3.94. The van der Waals surface area contributed by atoms with Crippen LogP contribution in [0, 0.1) is 13.8 Å². The van der Waals surface area contributed by atoms with Gasteiger partial charge in [0.2, 0.25) is 0 Å². The number of hydrogen-bond donors (Lipinski definition) is 0. The highest BCUT2D eigenvalue weighted by Gasteiger charge is 2.25. The molecule has 0 amide bonds. The number of rotatable bonds is 3. The Morgan fingerprint density at radius 2 is 1.93 bits per heavy atom. The zero-order valence-electron chi connectivity index (χ0n) is 16.3. The lowest BCUT2D eigenvalue weighted by molar-refractivity contribution is 0.216. The molecule has 28 heavy (non-hydrogen) atoms. The molecule has 0 aliphatic carbocycles. The Labute approximate surface area is 178 Å². The molecule has 2 aromatic heterocycles. The van der Waals surface area contributed by atoms with E-state index in [2.05, 4.69) is 18.9 Å². The zero-order valence-corrected chi connectivity index (χ0v) is 18.6. The van der Waals surface area contributed by atoms with Crippen LogP contribution < -0.4 is 5.56 Å². The Morgan fingerprint density at radius 3 is 2.61 bits per heavy atom. The second-order valence-electron chi connectivity index (χ2n) is 7.61. The molecule has 1 saturated heterocycles. The number of nitrogens with zero attached hydrogens (tertiary/aromatic N) is 3. The lowest BCUT2D eigenvalue weighted by Crippen LogP contribution is -2.37. The van der Waals surface area contributed by atoms with Crippen molar-refractivity contribution in [1.29, 1.82) is 0 Å². The number of likely N-dealkylation sites (tertiary alicyclic amines) is 1. The van der Waals surface area contributed by atoms with Gasteiger partial charge in [0.05, 0.1) is 5.39 Å². The van der Waals surface area contributed by atoms with Gasteiger partial charge >= 0.3 is 0 Å². The third-order valence-electron chi connectivity index (χ3n) is 5.72. The normalized spacial score (nSPS) is 16.2. The number of fused-ring (bicyclic) bond motifs is 1. The van der Waals surface area contributed by atoms with Crippen LogP contribution in [0.4, 0.5) is 0 Å². The molecule has 4 nitrogen and oxygen atoms in total. The molecule has 0 radical (unpaired) electrons. The summed E-state index contributed by atoms with van der Waals surface area (Å²) >= 11 is 14.1. The van der Waals surface area contributed by atoms with Gasteiger partial charge in [-0.15, -0.1) is 11.3 Å². The molecule has 1 aromatic carbocycles. The number of aryl methyl sites for hydroxylation is 2. The van der Waals surface area contributed by atoms with Gasteiger partial charge in [0.25, 0.3) is 5.56 Å². The highest BCUT2D eigenvalue weighted by molar-refractivity contribution is 7.18. The number of thiophene rings is 1. The summed E-state index contributed by atoms with van der Waals surface area (Å²) in [6.45, 7) is 6.04. The average Bonchev–Trinajstić information content (AvgIpc) is 2.93. The first-order valence-corrected chi connectivity index (χ1v) is 11.1. The molecule has 0 unspecified atom stereocenters. The van der Waals surface area contributed by atoms with Crippen LogP contribution in [0.1, 0.15) is 40.7 Å². The van der Waals surface area contributed by atoms with E-state index in [1.165, 1.54) is 0 Å². The van der Waals surface area contributed by atoms with Gasteiger partial charge in [-0.2, -0.15) is 0 Å². The van der Waals surface area contributed by atoms with E-state index in [4.69, 9.17) is 28.2 Å². The molecule has 1 fully saturated rings. The highest BCUT2D eigenvalue weighted by atomic mass is 35.5. The molecule has 3 heterocycles. The topological polar surface area (TPSA) is 38.1 Å². The molecule has 0 saturated carbocycles. The summed E-state index contributed by atoms with van der Waals surface area (Å²) < 4.78 is 1.94. The van der Waals surface area contributed by atoms with Crippen molar-refractivity contribution < 1.29 is 0 Å². The van der Waals surface area contributed by atoms with Gasteiger partial charge in [-0.3, -0.25) is 9.36 Å². The van der Waals surface area contributed by atoms with Crippen molar-refractivity contribution in [3.8, 4) is 0 Å². The van der Waals surface area contributed by atoms with Crippen molar-refractivity contribution in [3.63, 3.8) is 0 Å². The van der Waals surface area contributed by atoms with E-state index >= 15 is 0 Å². The fraction of sp³-hybridized carbons (Fsp3) is 0.429. The summed E-state index contributed by atoms with van der Waals surface area (Å²) in [6, 6.07) is 5.67. The van der Waals surface area contributed by atoms with E-state index in [0.717, 1.165) is 58.0 Å². The Morgan fingerprint density at radius 1 is 1.21 bits per heavy atom. The number of halogens is 2. The van der Waals surface area contributed by atoms with E-state index in [0.29, 0.717) is 16.5 Å². The van der Waals surface area contributed by atoms with E-state index < -0.39 is 0 Å². The van der Waals surface area contributed by atoms with Crippen LogP contribution in [0.2, 0.25) is 10.0 Å². The van der Waals surface area contributed by atoms with Crippen molar-refractivity contribution in [1.82, 2.24) is 14.5 Å². The maximum absolute atomic E-state index is 13.6. The van der Waals surface area contributed by atoms with E-state index in [1.54, 1.807) is 17.4 Å². The third-order valence-corrected chi connectivity index (χ3v) is 7.41. The van der Waals surface area contributed by atoms with E-state index in [-0.39, 0.29) is 11.6 Å². The van der Waals surface area contributed by atoms with Crippen LogP contribution in [0.3, 0.4) is 0 Å². The maximum atomic E-state index is 13.6. The van der Waals surface area contributed by atoms with Gasteiger partial charge in [0.15, 0.2) is 0 Å². The predicted molar refractivity (Wildman–Crippen MR) is 118 cm³/mol. The van der Waals surface area contributed by atoms with Gasteiger partial charge in [-0.25, -0.2) is 4.98 Å². The van der Waals surface area contributed by atoms with Crippen LogP contribution in [0.15, 0.2) is 23.0 Å². The smallest absolute Gasteiger partial charge is 0.262 e. The van der Waals surface area contributed by atoms with E-state index in [1.807, 2.05) is 23.6 Å². The van der Waals surface area contributed by atoms with Crippen LogP contribution in [0.5, 0.6) is 0 Å². The monoisotopic (exact) mass is 435 g/mol. The minimum atomic E-state index is 0.0847. The van der Waals surface area contributed by atoms with Gasteiger partial charge in [0.1, 0.15) is 10.7 Å². The minimum absolute atomic E-state index is 0.0847. The molecule has 0 spiro atoms. The van der Waals surface area contributed by atoms with Gasteiger partial charge < -0.3 is 4.90 Å². The lowest BCUT2D eigenvalue weighted by atomic mass is 10.0. The molecule has 148 valence electrons. The van der Waals surface area contributed by atoms with Crippen molar-refractivity contribution in [2.24, 2.45) is 0 Å². The largest absolute Gasteiger partial charge is 0.306 e. The summed E-state index contributed by atoms with van der Waals surface area (Å²) in [5.74, 6) is 0.789. The molecule has 1 aliphatic heterocycles. The maximum Gasteiger partial charge on any atom is 0.262 e. The third kappa shape index (κ3) is 3.61. The van der Waals surface area contributed by atoms with Crippen LogP contribution in [0.25, 0.3) is 10.2 Å². The molecule has 0 bridgehead atoms. The first-order valence-electron chi connectivity index (χ1n) is 9.48. The summed E-state index contributed by atoms with van der Waals surface area (Å²) in [4.78, 5) is 22.8. The molecule has 0 N–H and O–H groups in total. The number of benzene rings is 1. The Balaban J connectivity index is 1.88. The Hall–Kier alpha value is -1.40. The standard InChI is InChI=1S/C21H23Cl2N3OS/c1-12-13(2)28-20-19(12)21(27)26(16-6-8-25(3)9-7-16)18(24-20)10-14-4-5-15(22)11-17(14)23/h4-5,11,16H,6-10H2,1-3H3. The van der Waals surface area contributed by atoms with Crippen molar-refractivity contribution in [2.45, 2.75) is 39.2 Å². The number of piperidine rings is 1. The van der Waals surface area contributed by atoms with Crippen molar-refractivity contribution >= 4 is 44.8 Å². The first-order chi connectivity index (χ1) is 13.3. The van der Waals surface area contributed by atoms with Gasteiger partial charge in [-0.05, 0) is 70.1 Å². The number of aromatic nitrogens is 2. The van der Waals surface area contributed by atoms with Crippen LogP contribution in [-0.2, 0) is 6.42 Å². The fourth-order valence-corrected chi connectivity index (χ4v) is 5.45. The van der Waals surface area contributed by atoms with Gasteiger partial charge in [0, 0.05) is 27.4 Å². The van der Waals surface area contributed by atoms with Gasteiger partial charge in [-0.1, -0.05) is 29.3 Å². The summed E-state index contributed by atoms with van der Waals surface area (Å²) in [6.07, 6.45) is 2.42. The lowest BCUT2D eigenvalue weighted by Gasteiger charge is -2.31. The number of hydrogen-bond acceptors (Lipinski definition) is 4. The molecule has 4 rings (SSSR count). The molecular weight excluding hydrogens is 413 g/mol. The molecule has 3 aromatic rings. The van der Waals surface area contributed by atoms with Crippen LogP contribution in [-0.4, -0.2) is 34.6 Å². The molecule has 1 aliphatic rings. The SMILES string of the molecule is Cc1sc2nc(Cc3ccc(Cl)cc3Cl)n(C3CCN(C)CC3)c(=O)c2c1C. The summed E-state index contributed by atoms with van der Waals surface area (Å²) in [7, 11) is 2.13. The average molecular weight is 436 g/mol. The molecule has 7 heteroatoms. The Kier molecular flexibility index (Phi) is 5.53. The molecular formula is C21H23Cl2N3OS. The predicted octanol–water partition coefficient (Wildman–Crippen LogP) is 5.24. The second kappa shape index (κ2) is 7.79. The molecule has 0 atom stereocenters. The summed E-state index contributed by atoms with van der Waals surface area (Å²) in [5.41, 5.74) is 2.07. The van der Waals surface area contributed by atoms with Crippen molar-refractivity contribution in [3.05, 3.63) is 60.4 Å². The minimum Gasteiger partial charge on any atom is -0.306 e. The second-order valence-corrected chi connectivity index (χ2v) is 9.66. The Bertz CT molecular complexity index is 1100.